The average molecular weight is 146 g/mol. The highest BCUT2D eigenvalue weighted by Gasteiger charge is 1.88. The van der Waals surface area contributed by atoms with E-state index in [4.69, 9.17) is 9.53 Å². The van der Waals surface area contributed by atoms with E-state index in [1.165, 1.54) is 6.92 Å². The third kappa shape index (κ3) is 25.5. The van der Waals surface area contributed by atoms with Crippen molar-refractivity contribution < 1.29 is 9.53 Å². The van der Waals surface area contributed by atoms with E-state index in [9.17, 15) is 0 Å². The van der Waals surface area contributed by atoms with E-state index in [1.54, 1.807) is 0 Å². The molecule has 0 aliphatic carbocycles. The Balaban J connectivity index is 0. The van der Waals surface area contributed by atoms with Gasteiger partial charge < -0.3 is 9.53 Å². The molecule has 0 aliphatic rings. The molecule has 0 unspecified atom stereocenters. The zero-order valence-electron chi connectivity index (χ0n) is 7.39. The van der Waals surface area contributed by atoms with Crippen molar-refractivity contribution in [2.75, 3.05) is 13.2 Å². The van der Waals surface area contributed by atoms with E-state index in [1.807, 2.05) is 6.92 Å². The van der Waals surface area contributed by atoms with Crippen molar-refractivity contribution in [2.45, 2.75) is 27.7 Å². The maximum atomic E-state index is 8.81. The number of aldehydes is 1. The molecule has 0 spiro atoms. The summed E-state index contributed by atoms with van der Waals surface area (Å²) >= 11 is 0. The second-order valence-electron chi connectivity index (χ2n) is 2.29. The standard InChI is InChI=1S/C6H14O.C2H4O/c1-4-7-5-6(2)3;1-2-3/h6H,4-5H2,1-3H3;2H,1H3. The lowest BCUT2D eigenvalue weighted by Crippen LogP contribution is -2.00. The zero-order valence-corrected chi connectivity index (χ0v) is 7.39. The van der Waals surface area contributed by atoms with Crippen molar-refractivity contribution in [3.05, 3.63) is 0 Å². The molecule has 2 heteroatoms. The van der Waals surface area contributed by atoms with Crippen LogP contribution in [0.25, 0.3) is 0 Å². The first-order valence-corrected chi connectivity index (χ1v) is 3.66. The van der Waals surface area contributed by atoms with Crippen molar-refractivity contribution >= 4 is 6.29 Å². The van der Waals surface area contributed by atoms with Gasteiger partial charge in [-0.15, -0.1) is 0 Å². The van der Waals surface area contributed by atoms with Gasteiger partial charge in [-0.05, 0) is 19.8 Å². The van der Waals surface area contributed by atoms with Gasteiger partial charge in [0.05, 0.1) is 0 Å². The van der Waals surface area contributed by atoms with Crippen LogP contribution in [0.1, 0.15) is 27.7 Å². The monoisotopic (exact) mass is 146 g/mol. The molecule has 0 aromatic carbocycles. The molecule has 0 radical (unpaired) electrons. The minimum absolute atomic E-state index is 0.681. The van der Waals surface area contributed by atoms with E-state index in [0.717, 1.165) is 19.5 Å². The van der Waals surface area contributed by atoms with Crippen molar-refractivity contribution in [3.63, 3.8) is 0 Å². The summed E-state index contributed by atoms with van der Waals surface area (Å²) in [5.41, 5.74) is 0. The normalized spacial score (nSPS) is 8.50. The van der Waals surface area contributed by atoms with Gasteiger partial charge in [-0.25, -0.2) is 0 Å². The van der Waals surface area contributed by atoms with Crippen molar-refractivity contribution in [2.24, 2.45) is 5.92 Å². The van der Waals surface area contributed by atoms with Crippen LogP contribution in [0.4, 0.5) is 0 Å². The predicted octanol–water partition coefficient (Wildman–Crippen LogP) is 1.88. The SMILES string of the molecule is CC=O.CCOCC(C)C. The summed E-state index contributed by atoms with van der Waals surface area (Å²) in [6.45, 7) is 9.50. The van der Waals surface area contributed by atoms with Crippen LogP contribution >= 0.6 is 0 Å². The Labute approximate surface area is 63.6 Å². The van der Waals surface area contributed by atoms with Crippen LogP contribution in [-0.2, 0) is 9.53 Å². The Kier molecular flexibility index (Phi) is 14.1. The Morgan fingerprint density at radius 1 is 1.50 bits per heavy atom. The fourth-order valence-corrected chi connectivity index (χ4v) is 0.354. The molecule has 62 valence electrons. The van der Waals surface area contributed by atoms with E-state index in [0.29, 0.717) is 5.92 Å². The lowest BCUT2D eigenvalue weighted by molar-refractivity contribution is -0.106. The molecule has 2 nitrogen and oxygen atoms in total. The third-order valence-corrected chi connectivity index (χ3v) is 0.655. The minimum atomic E-state index is 0.681. The summed E-state index contributed by atoms with van der Waals surface area (Å²) in [7, 11) is 0. The maximum absolute atomic E-state index is 8.81. The summed E-state index contributed by atoms with van der Waals surface area (Å²) in [6.07, 6.45) is 0.750. The van der Waals surface area contributed by atoms with Gasteiger partial charge in [0.1, 0.15) is 6.29 Å². The molecule has 0 amide bonds. The highest BCUT2D eigenvalue weighted by atomic mass is 16.5. The molecule has 0 N–H and O–H groups in total. The second-order valence-corrected chi connectivity index (χ2v) is 2.29. The summed E-state index contributed by atoms with van der Waals surface area (Å²) in [5.74, 6) is 0.681. The van der Waals surface area contributed by atoms with Gasteiger partial charge in [0, 0.05) is 13.2 Å². The predicted molar refractivity (Wildman–Crippen MR) is 43.1 cm³/mol. The van der Waals surface area contributed by atoms with Gasteiger partial charge in [0.25, 0.3) is 0 Å². The molecule has 0 heterocycles. The fraction of sp³-hybridized carbons (Fsp3) is 0.875. The molecule has 0 bridgehead atoms. The Morgan fingerprint density at radius 2 is 1.90 bits per heavy atom. The van der Waals surface area contributed by atoms with Crippen LogP contribution in [-0.4, -0.2) is 19.5 Å². The van der Waals surface area contributed by atoms with Crippen LogP contribution in [0.15, 0.2) is 0 Å². The van der Waals surface area contributed by atoms with Crippen molar-refractivity contribution in [1.29, 1.82) is 0 Å². The van der Waals surface area contributed by atoms with Crippen LogP contribution in [0.3, 0.4) is 0 Å². The number of ether oxygens (including phenoxy) is 1. The molecule has 10 heavy (non-hydrogen) atoms. The number of rotatable bonds is 3. The van der Waals surface area contributed by atoms with Crippen LogP contribution in [0, 0.1) is 5.92 Å². The first kappa shape index (κ1) is 12.3. The zero-order chi connectivity index (χ0) is 8.41. The van der Waals surface area contributed by atoms with Crippen molar-refractivity contribution in [1.82, 2.24) is 0 Å². The largest absolute Gasteiger partial charge is 0.381 e. The molecule has 0 rings (SSSR count). The van der Waals surface area contributed by atoms with Gasteiger partial charge in [-0.3, -0.25) is 0 Å². The summed E-state index contributed by atoms with van der Waals surface area (Å²) in [6, 6.07) is 0. The van der Waals surface area contributed by atoms with E-state index in [2.05, 4.69) is 13.8 Å². The summed E-state index contributed by atoms with van der Waals surface area (Å²) in [5, 5.41) is 0. The highest BCUT2D eigenvalue weighted by Crippen LogP contribution is 1.90. The van der Waals surface area contributed by atoms with Gasteiger partial charge in [0.15, 0.2) is 0 Å². The third-order valence-electron chi connectivity index (χ3n) is 0.655. The van der Waals surface area contributed by atoms with Crippen LogP contribution in [0.2, 0.25) is 0 Å². The Hall–Kier alpha value is -0.370. The average Bonchev–Trinajstić information content (AvgIpc) is 1.85. The molecule has 0 aliphatic heterocycles. The van der Waals surface area contributed by atoms with Gasteiger partial charge in [0.2, 0.25) is 0 Å². The van der Waals surface area contributed by atoms with Gasteiger partial charge in [-0.2, -0.15) is 0 Å². The topological polar surface area (TPSA) is 26.3 Å². The van der Waals surface area contributed by atoms with Gasteiger partial charge in [-0.1, -0.05) is 13.8 Å². The molecule has 0 saturated heterocycles. The smallest absolute Gasteiger partial charge is 0.116 e. The molecular formula is C8H18O2. The molecule has 0 fully saturated rings. The van der Waals surface area contributed by atoms with Crippen molar-refractivity contribution in [3.8, 4) is 0 Å². The molecule has 0 aromatic heterocycles. The van der Waals surface area contributed by atoms with E-state index < -0.39 is 0 Å². The summed E-state index contributed by atoms with van der Waals surface area (Å²) < 4.78 is 5.09. The number of carbonyl (C=O) groups is 1. The van der Waals surface area contributed by atoms with Crippen LogP contribution in [0.5, 0.6) is 0 Å². The maximum Gasteiger partial charge on any atom is 0.116 e. The second kappa shape index (κ2) is 11.4. The molecule has 0 aromatic rings. The number of hydrogen-bond acceptors (Lipinski definition) is 2. The first-order chi connectivity index (χ1) is 4.68. The van der Waals surface area contributed by atoms with Crippen LogP contribution < -0.4 is 0 Å². The number of hydrogen-bond donors (Lipinski definition) is 0. The first-order valence-electron chi connectivity index (χ1n) is 3.66. The lowest BCUT2D eigenvalue weighted by atomic mass is 10.2. The molecular weight excluding hydrogens is 128 g/mol. The quantitative estimate of drug-likeness (QED) is 0.568. The van der Waals surface area contributed by atoms with E-state index >= 15 is 0 Å². The number of carbonyl (C=O) groups excluding carboxylic acids is 1. The highest BCUT2D eigenvalue weighted by molar-refractivity contribution is 5.44. The van der Waals surface area contributed by atoms with E-state index in [-0.39, 0.29) is 0 Å². The Morgan fingerprint density at radius 3 is 2.00 bits per heavy atom. The minimum Gasteiger partial charge on any atom is -0.381 e. The molecule has 0 saturated carbocycles. The lowest BCUT2D eigenvalue weighted by Gasteiger charge is -2.01. The van der Waals surface area contributed by atoms with Gasteiger partial charge >= 0.3 is 0 Å². The molecule has 0 atom stereocenters. The fourth-order valence-electron chi connectivity index (χ4n) is 0.354. The Bertz CT molecular complexity index is 60.3. The summed E-state index contributed by atoms with van der Waals surface area (Å²) in [4.78, 5) is 8.81.